The lowest BCUT2D eigenvalue weighted by Crippen LogP contribution is -2.25. The summed E-state index contributed by atoms with van der Waals surface area (Å²) >= 11 is 0. The van der Waals surface area contributed by atoms with Crippen molar-refractivity contribution in [2.75, 3.05) is 0 Å². The van der Waals surface area contributed by atoms with Crippen LogP contribution in [0.3, 0.4) is 0 Å². The summed E-state index contributed by atoms with van der Waals surface area (Å²) in [5.41, 5.74) is -0.145. The van der Waals surface area contributed by atoms with E-state index in [2.05, 4.69) is 13.8 Å². The third-order valence-corrected chi connectivity index (χ3v) is 2.14. The van der Waals surface area contributed by atoms with Crippen LogP contribution in [0.15, 0.2) is 0 Å². The zero-order chi connectivity index (χ0) is 10.7. The highest BCUT2D eigenvalue weighted by Gasteiger charge is 2.29. The molecule has 0 rings (SSSR count). The molecule has 74 valence electrons. The molecule has 0 amide bonds. The molecule has 0 aromatic heterocycles. The van der Waals surface area contributed by atoms with E-state index in [1.54, 1.807) is 0 Å². The van der Waals surface area contributed by atoms with E-state index in [0.29, 0.717) is 6.32 Å². The highest BCUT2D eigenvalue weighted by atomic mass is 16.4. The monoisotopic (exact) mass is 182 g/mol. The third kappa shape index (κ3) is 5.72. The Balaban J connectivity index is 4.24. The molecule has 0 saturated heterocycles. The Morgan fingerprint density at radius 2 is 1.69 bits per heavy atom. The fourth-order valence-corrected chi connectivity index (χ4v) is 1.84. The molecule has 0 unspecified atom stereocenters. The molecule has 1 N–H and O–H groups in total. The molecular weight excluding hydrogens is 163 g/mol. The third-order valence-electron chi connectivity index (χ3n) is 2.14. The van der Waals surface area contributed by atoms with Crippen molar-refractivity contribution in [1.29, 1.82) is 0 Å². The lowest BCUT2D eigenvalue weighted by molar-refractivity contribution is -0.139. The molecule has 2 radical (unpaired) electrons. The Labute approximate surface area is 82.1 Å². The first-order valence-electron chi connectivity index (χ1n) is 4.60. The van der Waals surface area contributed by atoms with E-state index in [-0.39, 0.29) is 17.3 Å². The van der Waals surface area contributed by atoms with Crippen molar-refractivity contribution in [3.05, 3.63) is 0 Å². The fourth-order valence-electron chi connectivity index (χ4n) is 1.84. The van der Waals surface area contributed by atoms with Crippen molar-refractivity contribution in [3.8, 4) is 0 Å². The van der Waals surface area contributed by atoms with Gasteiger partial charge in [-0.05, 0) is 17.3 Å². The van der Waals surface area contributed by atoms with Crippen LogP contribution in [0.5, 0.6) is 0 Å². The molecule has 0 aliphatic rings. The zero-order valence-electron chi connectivity index (χ0n) is 9.05. The van der Waals surface area contributed by atoms with E-state index in [4.69, 9.17) is 13.0 Å². The molecule has 0 spiro atoms. The molecule has 2 nitrogen and oxygen atoms in total. The molecule has 0 saturated carbocycles. The van der Waals surface area contributed by atoms with Crippen LogP contribution in [0.1, 0.15) is 40.5 Å². The first-order valence-corrected chi connectivity index (χ1v) is 4.60. The van der Waals surface area contributed by atoms with Crippen LogP contribution < -0.4 is 0 Å². The van der Waals surface area contributed by atoms with E-state index in [0.717, 1.165) is 6.42 Å². The zero-order valence-corrected chi connectivity index (χ0v) is 9.05. The molecule has 0 bridgehead atoms. The highest BCUT2D eigenvalue weighted by molar-refractivity contribution is 6.08. The minimum Gasteiger partial charge on any atom is -0.481 e. The quantitative estimate of drug-likeness (QED) is 0.663. The fraction of sp³-hybridized carbons (Fsp3) is 0.900. The van der Waals surface area contributed by atoms with Crippen LogP contribution in [-0.2, 0) is 4.79 Å². The number of hydrogen-bond acceptors (Lipinski definition) is 1. The number of carbonyl (C=O) groups is 1. The Bertz CT molecular complexity index is 185. The van der Waals surface area contributed by atoms with E-state index in [1.807, 2.05) is 13.8 Å². The molecule has 0 fully saturated rings. The Morgan fingerprint density at radius 3 is 2.00 bits per heavy atom. The van der Waals surface area contributed by atoms with Crippen molar-refractivity contribution in [2.24, 2.45) is 10.8 Å². The minimum atomic E-state index is -0.738. The molecule has 0 aromatic rings. The SMILES string of the molecule is [B]CC(C)(C)CC(C)(C)CC(=O)O. The maximum Gasteiger partial charge on any atom is 0.303 e. The normalized spacial score (nSPS) is 12.9. The Hall–Kier alpha value is -0.465. The molecule has 0 atom stereocenters. The topological polar surface area (TPSA) is 37.3 Å². The van der Waals surface area contributed by atoms with Gasteiger partial charge in [-0.2, -0.15) is 0 Å². The lowest BCUT2D eigenvalue weighted by atomic mass is 9.68. The van der Waals surface area contributed by atoms with Crippen molar-refractivity contribution in [1.82, 2.24) is 0 Å². The number of aliphatic carboxylic acids is 1. The summed E-state index contributed by atoms with van der Waals surface area (Å²) < 4.78 is 0. The molecule has 0 heterocycles. The highest BCUT2D eigenvalue weighted by Crippen LogP contribution is 2.37. The van der Waals surface area contributed by atoms with Gasteiger partial charge in [0.25, 0.3) is 0 Å². The minimum absolute atomic E-state index is 0.0267. The predicted octanol–water partition coefficient (Wildman–Crippen LogP) is 2.49. The van der Waals surface area contributed by atoms with Crippen LogP contribution in [0.4, 0.5) is 0 Å². The standard InChI is InChI=1S/C10H19BO2/c1-9(2,5-8(12)13)6-10(3,4)7-11/h5-7H2,1-4H3,(H,12,13). The van der Waals surface area contributed by atoms with Crippen molar-refractivity contribution < 1.29 is 9.90 Å². The number of rotatable bonds is 5. The average molecular weight is 182 g/mol. The smallest absolute Gasteiger partial charge is 0.303 e. The van der Waals surface area contributed by atoms with Gasteiger partial charge in [-0.25, -0.2) is 0 Å². The Kier molecular flexibility index (Phi) is 4.01. The van der Waals surface area contributed by atoms with Crippen LogP contribution >= 0.6 is 0 Å². The van der Waals surface area contributed by atoms with Gasteiger partial charge in [0.1, 0.15) is 0 Å². The Morgan fingerprint density at radius 1 is 1.23 bits per heavy atom. The maximum absolute atomic E-state index is 10.6. The number of carboxylic acid groups (broad SMARTS) is 1. The van der Waals surface area contributed by atoms with Crippen molar-refractivity contribution in [3.63, 3.8) is 0 Å². The second-order valence-electron chi connectivity index (χ2n) is 5.28. The van der Waals surface area contributed by atoms with Gasteiger partial charge in [0.15, 0.2) is 0 Å². The summed E-state index contributed by atoms with van der Waals surface area (Å²) in [6.07, 6.45) is 1.63. The summed E-state index contributed by atoms with van der Waals surface area (Å²) in [5.74, 6) is -0.738. The van der Waals surface area contributed by atoms with E-state index in [1.165, 1.54) is 0 Å². The van der Waals surface area contributed by atoms with Crippen LogP contribution in [0.25, 0.3) is 0 Å². The van der Waals surface area contributed by atoms with Gasteiger partial charge >= 0.3 is 5.97 Å². The van der Waals surface area contributed by atoms with Gasteiger partial charge in [0, 0.05) is 0 Å². The van der Waals surface area contributed by atoms with E-state index >= 15 is 0 Å². The van der Waals surface area contributed by atoms with Gasteiger partial charge < -0.3 is 5.11 Å². The van der Waals surface area contributed by atoms with Gasteiger partial charge in [0.2, 0.25) is 0 Å². The van der Waals surface area contributed by atoms with Crippen LogP contribution in [0, 0.1) is 10.8 Å². The molecule has 3 heteroatoms. The van der Waals surface area contributed by atoms with Gasteiger partial charge in [-0.3, -0.25) is 4.79 Å². The first-order chi connectivity index (χ1) is 5.68. The molecule has 0 aromatic carbocycles. The van der Waals surface area contributed by atoms with E-state index < -0.39 is 5.97 Å². The molecule has 0 aliphatic heterocycles. The number of hydrogen-bond donors (Lipinski definition) is 1. The van der Waals surface area contributed by atoms with E-state index in [9.17, 15) is 4.79 Å². The molecular formula is C10H19BO2. The maximum atomic E-state index is 10.6. The average Bonchev–Trinajstić information content (AvgIpc) is 1.81. The van der Waals surface area contributed by atoms with Gasteiger partial charge in [-0.15, -0.1) is 0 Å². The predicted molar refractivity (Wildman–Crippen MR) is 55.0 cm³/mol. The second-order valence-corrected chi connectivity index (χ2v) is 5.28. The molecule has 0 aliphatic carbocycles. The van der Waals surface area contributed by atoms with Crippen LogP contribution in [-0.4, -0.2) is 18.9 Å². The molecule has 13 heavy (non-hydrogen) atoms. The summed E-state index contributed by atoms with van der Waals surface area (Å²) in [4.78, 5) is 10.6. The summed E-state index contributed by atoms with van der Waals surface area (Å²) in [6, 6.07) is 0. The summed E-state index contributed by atoms with van der Waals surface area (Å²) in [6.45, 7) is 8.07. The van der Waals surface area contributed by atoms with Gasteiger partial charge in [0.05, 0.1) is 14.3 Å². The lowest BCUT2D eigenvalue weighted by Gasteiger charge is -2.33. The second kappa shape index (κ2) is 4.16. The first kappa shape index (κ1) is 12.5. The summed E-state index contributed by atoms with van der Waals surface area (Å²) in [5, 5.41) is 8.69. The van der Waals surface area contributed by atoms with Crippen LogP contribution in [0.2, 0.25) is 6.32 Å². The largest absolute Gasteiger partial charge is 0.481 e. The van der Waals surface area contributed by atoms with Crippen molar-refractivity contribution >= 4 is 13.8 Å². The van der Waals surface area contributed by atoms with Crippen molar-refractivity contribution in [2.45, 2.75) is 46.9 Å². The summed E-state index contributed by atoms with van der Waals surface area (Å²) in [7, 11) is 5.60. The number of carboxylic acids is 1. The van der Waals surface area contributed by atoms with Gasteiger partial charge in [-0.1, -0.05) is 34.0 Å².